The zero-order chi connectivity index (χ0) is 11.3. The molecule has 1 amide bonds. The summed E-state index contributed by atoms with van der Waals surface area (Å²) in [7, 11) is 0. The van der Waals surface area contributed by atoms with Gasteiger partial charge in [0, 0.05) is 11.0 Å². The molecule has 1 aromatic carbocycles. The van der Waals surface area contributed by atoms with Crippen molar-refractivity contribution < 1.29 is 9.90 Å². The molecule has 0 saturated carbocycles. The molecule has 0 saturated heterocycles. The third-order valence-electron chi connectivity index (χ3n) is 1.94. The Hall–Kier alpha value is -0.620. The Morgan fingerprint density at radius 3 is 2.69 bits per heavy atom. The van der Waals surface area contributed by atoms with Crippen molar-refractivity contribution in [2.45, 2.75) is 12.6 Å². The van der Waals surface area contributed by atoms with Gasteiger partial charge in [-0.05, 0) is 11.6 Å². The first-order valence-corrected chi connectivity index (χ1v) is 5.32. The number of hydrogen-bond acceptors (Lipinski definition) is 3. The monoisotopic (exact) mass is 308 g/mol. The normalized spacial score (nSPS) is 11.4. The summed E-state index contributed by atoms with van der Waals surface area (Å²) in [6, 6.07) is 6.72. The van der Waals surface area contributed by atoms with Crippen molar-refractivity contribution in [1.82, 2.24) is 5.32 Å². The number of carbonyl (C=O) groups is 1. The van der Waals surface area contributed by atoms with Crippen LogP contribution in [0.4, 0.5) is 0 Å². The number of aliphatic hydroxyl groups is 1. The second-order valence-electron chi connectivity index (χ2n) is 3.10. The number of carbonyl (C=O) groups excluding carboxylic acids is 1. The molecule has 1 rings (SSSR count). The number of rotatable bonds is 4. The van der Waals surface area contributed by atoms with E-state index in [1.54, 1.807) is 0 Å². The first kappa shape index (κ1) is 15.4. The van der Waals surface area contributed by atoms with Crippen LogP contribution < -0.4 is 11.1 Å². The van der Waals surface area contributed by atoms with E-state index < -0.39 is 6.04 Å². The maximum absolute atomic E-state index is 11.2. The van der Waals surface area contributed by atoms with E-state index in [4.69, 9.17) is 10.8 Å². The summed E-state index contributed by atoms with van der Waals surface area (Å²) in [4.78, 5) is 11.2. The van der Waals surface area contributed by atoms with Crippen LogP contribution in [0.2, 0.25) is 0 Å². The van der Waals surface area contributed by atoms with Crippen molar-refractivity contribution in [2.75, 3.05) is 6.61 Å². The molecular formula is C10H14BrClN2O2. The lowest BCUT2D eigenvalue weighted by molar-refractivity contribution is -0.123. The number of amides is 1. The SMILES string of the molecule is Cl.N[C@H](CO)C(=O)NCc1ccccc1Br. The molecule has 1 aromatic rings. The molecule has 6 heteroatoms. The molecule has 0 aromatic heterocycles. The van der Waals surface area contributed by atoms with Gasteiger partial charge in [0.1, 0.15) is 6.04 Å². The Kier molecular flexibility index (Phi) is 7.33. The van der Waals surface area contributed by atoms with Gasteiger partial charge >= 0.3 is 0 Å². The molecule has 0 bridgehead atoms. The quantitative estimate of drug-likeness (QED) is 0.770. The van der Waals surface area contributed by atoms with Gasteiger partial charge in [0.2, 0.25) is 5.91 Å². The van der Waals surface area contributed by atoms with Gasteiger partial charge in [-0.25, -0.2) is 0 Å². The Morgan fingerprint density at radius 2 is 2.12 bits per heavy atom. The minimum Gasteiger partial charge on any atom is -0.394 e. The molecule has 0 aliphatic rings. The lowest BCUT2D eigenvalue weighted by atomic mass is 10.2. The fourth-order valence-electron chi connectivity index (χ4n) is 1.04. The van der Waals surface area contributed by atoms with Crippen LogP contribution >= 0.6 is 28.3 Å². The Balaban J connectivity index is 0.00000225. The van der Waals surface area contributed by atoms with Gasteiger partial charge in [0.15, 0.2) is 0 Å². The van der Waals surface area contributed by atoms with Crippen LogP contribution in [0.25, 0.3) is 0 Å². The minimum atomic E-state index is -0.854. The molecule has 0 aliphatic carbocycles. The van der Waals surface area contributed by atoms with Crippen LogP contribution in [0.3, 0.4) is 0 Å². The first-order valence-electron chi connectivity index (χ1n) is 4.52. The van der Waals surface area contributed by atoms with Gasteiger partial charge in [-0.2, -0.15) is 0 Å². The number of hydrogen-bond donors (Lipinski definition) is 3. The molecule has 0 aliphatic heterocycles. The maximum atomic E-state index is 11.2. The summed E-state index contributed by atoms with van der Waals surface area (Å²) in [6.45, 7) is 0.0513. The Bertz CT molecular complexity index is 349. The van der Waals surface area contributed by atoms with Gasteiger partial charge in [-0.15, -0.1) is 12.4 Å². The van der Waals surface area contributed by atoms with Gasteiger partial charge in [-0.3, -0.25) is 4.79 Å². The summed E-state index contributed by atoms with van der Waals surface area (Å²) in [6.07, 6.45) is 0. The highest BCUT2D eigenvalue weighted by molar-refractivity contribution is 9.10. The van der Waals surface area contributed by atoms with Crippen molar-refractivity contribution in [1.29, 1.82) is 0 Å². The molecule has 0 heterocycles. The lowest BCUT2D eigenvalue weighted by Gasteiger charge is -2.10. The fourth-order valence-corrected chi connectivity index (χ4v) is 1.46. The van der Waals surface area contributed by atoms with Crippen LogP contribution in [-0.4, -0.2) is 23.7 Å². The van der Waals surface area contributed by atoms with Gasteiger partial charge in [-0.1, -0.05) is 34.1 Å². The van der Waals surface area contributed by atoms with E-state index >= 15 is 0 Å². The summed E-state index contributed by atoms with van der Waals surface area (Å²) in [5, 5.41) is 11.3. The zero-order valence-corrected chi connectivity index (χ0v) is 10.9. The Labute approximate surface area is 109 Å². The molecule has 4 nitrogen and oxygen atoms in total. The molecule has 4 N–H and O–H groups in total. The van der Waals surface area contributed by atoms with Crippen LogP contribution in [0.1, 0.15) is 5.56 Å². The average Bonchev–Trinajstić information content (AvgIpc) is 2.26. The first-order chi connectivity index (χ1) is 7.15. The highest BCUT2D eigenvalue weighted by atomic mass is 79.9. The smallest absolute Gasteiger partial charge is 0.239 e. The topological polar surface area (TPSA) is 75.3 Å². The van der Waals surface area contributed by atoms with E-state index in [0.717, 1.165) is 10.0 Å². The van der Waals surface area contributed by atoms with Crippen molar-refractivity contribution in [3.63, 3.8) is 0 Å². The Morgan fingerprint density at radius 1 is 1.50 bits per heavy atom. The summed E-state index contributed by atoms with van der Waals surface area (Å²) >= 11 is 3.37. The second kappa shape index (κ2) is 7.62. The van der Waals surface area contributed by atoms with Gasteiger partial charge in [0.25, 0.3) is 0 Å². The van der Waals surface area contributed by atoms with Crippen molar-refractivity contribution in [2.24, 2.45) is 5.73 Å². The van der Waals surface area contributed by atoms with E-state index in [9.17, 15) is 4.79 Å². The molecule has 0 unspecified atom stereocenters. The van der Waals surface area contributed by atoms with Crippen LogP contribution in [0.15, 0.2) is 28.7 Å². The molecule has 0 spiro atoms. The van der Waals surface area contributed by atoms with Crippen LogP contribution in [0, 0.1) is 0 Å². The largest absolute Gasteiger partial charge is 0.394 e. The number of nitrogens with two attached hydrogens (primary N) is 1. The van der Waals surface area contributed by atoms with Gasteiger partial charge in [0.05, 0.1) is 6.61 Å². The number of benzene rings is 1. The molecule has 1 atom stereocenters. The third kappa shape index (κ3) is 4.49. The van der Waals surface area contributed by atoms with Crippen molar-refractivity contribution in [3.8, 4) is 0 Å². The zero-order valence-electron chi connectivity index (χ0n) is 8.52. The van der Waals surface area contributed by atoms with E-state index in [0.29, 0.717) is 6.54 Å². The molecule has 0 radical (unpaired) electrons. The molecule has 0 fully saturated rings. The molecule has 16 heavy (non-hydrogen) atoms. The summed E-state index contributed by atoms with van der Waals surface area (Å²) in [5.41, 5.74) is 6.31. The molecule has 90 valence electrons. The van der Waals surface area contributed by atoms with Crippen molar-refractivity contribution >= 4 is 34.2 Å². The van der Waals surface area contributed by atoms with Crippen LogP contribution in [0.5, 0.6) is 0 Å². The maximum Gasteiger partial charge on any atom is 0.239 e. The number of halogens is 2. The highest BCUT2D eigenvalue weighted by Gasteiger charge is 2.11. The van der Waals surface area contributed by atoms with E-state index in [1.165, 1.54) is 0 Å². The summed E-state index contributed by atoms with van der Waals surface area (Å²) < 4.78 is 0.933. The average molecular weight is 310 g/mol. The van der Waals surface area contributed by atoms with E-state index in [1.807, 2.05) is 24.3 Å². The van der Waals surface area contributed by atoms with Crippen molar-refractivity contribution in [3.05, 3.63) is 34.3 Å². The van der Waals surface area contributed by atoms with E-state index in [2.05, 4.69) is 21.2 Å². The third-order valence-corrected chi connectivity index (χ3v) is 2.72. The predicted octanol–water partition coefficient (Wildman–Crippen LogP) is 0.807. The number of aliphatic hydroxyl groups excluding tert-OH is 1. The lowest BCUT2D eigenvalue weighted by Crippen LogP contribution is -2.42. The fraction of sp³-hybridized carbons (Fsp3) is 0.300. The second-order valence-corrected chi connectivity index (χ2v) is 3.95. The highest BCUT2D eigenvalue weighted by Crippen LogP contribution is 2.15. The standard InChI is InChI=1S/C10H13BrN2O2.ClH/c11-8-4-2-1-3-7(8)5-13-10(15)9(12)6-14;/h1-4,9,14H,5-6,12H2,(H,13,15);1H/t9-;/m1./s1. The minimum absolute atomic E-state index is 0. The number of nitrogens with one attached hydrogen (secondary N) is 1. The predicted molar refractivity (Wildman–Crippen MR) is 68.3 cm³/mol. The molecular weight excluding hydrogens is 295 g/mol. The van der Waals surface area contributed by atoms with Crippen LogP contribution in [-0.2, 0) is 11.3 Å². The van der Waals surface area contributed by atoms with Gasteiger partial charge < -0.3 is 16.2 Å². The summed E-state index contributed by atoms with van der Waals surface area (Å²) in [5.74, 6) is -0.353. The van der Waals surface area contributed by atoms with E-state index in [-0.39, 0.29) is 24.9 Å².